The molecule has 2 aliphatic carbocycles. The molecular formula is C14H22N4OS. The molecule has 2 fully saturated rings. The summed E-state index contributed by atoms with van der Waals surface area (Å²) in [6.45, 7) is 2.27. The Morgan fingerprint density at radius 3 is 2.75 bits per heavy atom. The van der Waals surface area contributed by atoms with Gasteiger partial charge >= 0.3 is 0 Å². The lowest BCUT2D eigenvalue weighted by Gasteiger charge is -2.29. The van der Waals surface area contributed by atoms with E-state index < -0.39 is 0 Å². The van der Waals surface area contributed by atoms with Gasteiger partial charge in [-0.15, -0.1) is 0 Å². The van der Waals surface area contributed by atoms with Crippen LogP contribution in [0.25, 0.3) is 0 Å². The highest BCUT2D eigenvalue weighted by Gasteiger charge is 2.29. The van der Waals surface area contributed by atoms with Gasteiger partial charge in [0.15, 0.2) is 5.82 Å². The third-order valence-electron chi connectivity index (χ3n) is 4.29. The number of carbonyl (C=O) groups is 1. The zero-order valence-corrected chi connectivity index (χ0v) is 12.6. The summed E-state index contributed by atoms with van der Waals surface area (Å²) in [6, 6.07) is 0.763. The van der Waals surface area contributed by atoms with Crippen LogP contribution in [0.4, 0.5) is 10.8 Å². The second-order valence-corrected chi connectivity index (χ2v) is 6.81. The van der Waals surface area contributed by atoms with Crippen molar-refractivity contribution in [3.8, 4) is 0 Å². The Kier molecular flexibility index (Phi) is 3.83. The summed E-state index contributed by atoms with van der Waals surface area (Å²) in [7, 11) is 0. The first-order chi connectivity index (χ1) is 9.65. The quantitative estimate of drug-likeness (QED) is 0.797. The minimum atomic E-state index is -0.0790. The summed E-state index contributed by atoms with van der Waals surface area (Å²) in [5.41, 5.74) is 6.42. The lowest BCUT2D eigenvalue weighted by Crippen LogP contribution is -2.32. The Morgan fingerprint density at radius 1 is 1.30 bits per heavy atom. The first kappa shape index (κ1) is 13.7. The largest absolute Gasteiger partial charge is 0.382 e. The van der Waals surface area contributed by atoms with Gasteiger partial charge in [-0.1, -0.05) is 19.8 Å². The normalized spacial score (nSPS) is 26.2. The number of aromatic nitrogens is 1. The van der Waals surface area contributed by atoms with E-state index >= 15 is 0 Å². The van der Waals surface area contributed by atoms with E-state index in [9.17, 15) is 4.79 Å². The van der Waals surface area contributed by atoms with Gasteiger partial charge in [0.2, 0.25) is 0 Å². The molecule has 1 aromatic heterocycles. The van der Waals surface area contributed by atoms with E-state index in [1.807, 2.05) is 0 Å². The third-order valence-corrected chi connectivity index (χ3v) is 5.08. The Bertz CT molecular complexity index is 497. The molecule has 0 bridgehead atoms. The number of amides is 1. The first-order valence-electron chi connectivity index (χ1n) is 7.47. The van der Waals surface area contributed by atoms with E-state index in [4.69, 9.17) is 5.73 Å². The van der Waals surface area contributed by atoms with Gasteiger partial charge in [0.1, 0.15) is 10.6 Å². The van der Waals surface area contributed by atoms with Crippen molar-refractivity contribution in [1.82, 2.24) is 9.69 Å². The molecule has 6 heteroatoms. The Hall–Kier alpha value is -1.30. The van der Waals surface area contributed by atoms with Gasteiger partial charge in [-0.05, 0) is 43.1 Å². The number of hydrogen-bond donors (Lipinski definition) is 3. The topological polar surface area (TPSA) is 80.0 Å². The van der Waals surface area contributed by atoms with Gasteiger partial charge in [0.25, 0.3) is 5.91 Å². The number of nitrogen functional groups attached to an aromatic ring is 1. The number of carbonyl (C=O) groups excluding carboxylic acids is 1. The zero-order valence-electron chi connectivity index (χ0n) is 11.8. The van der Waals surface area contributed by atoms with Crippen molar-refractivity contribution in [1.29, 1.82) is 0 Å². The van der Waals surface area contributed by atoms with Gasteiger partial charge in [-0.2, -0.15) is 4.37 Å². The van der Waals surface area contributed by atoms with Crippen LogP contribution >= 0.6 is 11.5 Å². The fraction of sp³-hybridized carbons (Fsp3) is 0.714. The van der Waals surface area contributed by atoms with Crippen molar-refractivity contribution in [2.24, 2.45) is 5.92 Å². The minimum Gasteiger partial charge on any atom is -0.382 e. The summed E-state index contributed by atoms with van der Waals surface area (Å²) < 4.78 is 4.15. The molecule has 2 saturated carbocycles. The van der Waals surface area contributed by atoms with E-state index in [0.29, 0.717) is 29.4 Å². The van der Waals surface area contributed by atoms with Gasteiger partial charge in [0.05, 0.1) is 0 Å². The Balaban J connectivity index is 1.73. The molecule has 1 heterocycles. The van der Waals surface area contributed by atoms with Gasteiger partial charge in [0, 0.05) is 12.1 Å². The van der Waals surface area contributed by atoms with Gasteiger partial charge in [-0.3, -0.25) is 4.79 Å². The lowest BCUT2D eigenvalue weighted by atomic mass is 9.86. The SMILES string of the molecule is CC1CCCCC1Nc1snc(N)c1C(=O)NC1CC1. The van der Waals surface area contributed by atoms with Crippen LogP contribution in [-0.2, 0) is 0 Å². The van der Waals surface area contributed by atoms with Crippen LogP contribution in [0, 0.1) is 5.92 Å². The molecule has 20 heavy (non-hydrogen) atoms. The van der Waals surface area contributed by atoms with E-state index in [1.165, 1.54) is 30.8 Å². The second-order valence-electron chi connectivity index (χ2n) is 6.03. The summed E-state index contributed by atoms with van der Waals surface area (Å²) in [6.07, 6.45) is 7.11. The second kappa shape index (κ2) is 5.60. The molecule has 0 aliphatic heterocycles. The molecule has 4 N–H and O–H groups in total. The summed E-state index contributed by atoms with van der Waals surface area (Å²) in [4.78, 5) is 12.3. The van der Waals surface area contributed by atoms with E-state index in [-0.39, 0.29) is 5.91 Å². The molecule has 2 unspecified atom stereocenters. The van der Waals surface area contributed by atoms with Crippen molar-refractivity contribution in [2.45, 2.75) is 57.5 Å². The number of rotatable bonds is 4. The fourth-order valence-corrected chi connectivity index (χ4v) is 3.58. The predicted molar refractivity (Wildman–Crippen MR) is 82.1 cm³/mol. The van der Waals surface area contributed by atoms with Crippen molar-refractivity contribution < 1.29 is 4.79 Å². The van der Waals surface area contributed by atoms with E-state index in [1.54, 1.807) is 0 Å². The monoisotopic (exact) mass is 294 g/mol. The van der Waals surface area contributed by atoms with Crippen LogP contribution in [-0.4, -0.2) is 22.4 Å². The van der Waals surface area contributed by atoms with Crippen LogP contribution < -0.4 is 16.4 Å². The van der Waals surface area contributed by atoms with Crippen LogP contribution in [0.5, 0.6) is 0 Å². The molecule has 2 atom stereocenters. The molecule has 0 radical (unpaired) electrons. The molecule has 0 saturated heterocycles. The van der Waals surface area contributed by atoms with Gasteiger partial charge < -0.3 is 16.4 Å². The summed E-state index contributed by atoms with van der Waals surface area (Å²) in [5, 5.41) is 7.34. The van der Waals surface area contributed by atoms with Crippen molar-refractivity contribution >= 4 is 28.3 Å². The summed E-state index contributed by atoms with van der Waals surface area (Å²) >= 11 is 1.30. The van der Waals surface area contributed by atoms with Gasteiger partial charge in [-0.25, -0.2) is 0 Å². The maximum Gasteiger partial charge on any atom is 0.258 e. The highest BCUT2D eigenvalue weighted by molar-refractivity contribution is 7.11. The molecule has 1 amide bonds. The Labute approximate surface area is 123 Å². The zero-order chi connectivity index (χ0) is 14.1. The number of nitrogens with one attached hydrogen (secondary N) is 2. The average Bonchev–Trinajstić information content (AvgIpc) is 3.15. The first-order valence-corrected chi connectivity index (χ1v) is 8.25. The number of anilines is 2. The lowest BCUT2D eigenvalue weighted by molar-refractivity contribution is 0.0953. The average molecular weight is 294 g/mol. The fourth-order valence-electron chi connectivity index (χ4n) is 2.80. The maximum absolute atomic E-state index is 12.3. The molecule has 5 nitrogen and oxygen atoms in total. The standard InChI is InChI=1S/C14H22N4OS/c1-8-4-2-3-5-10(8)17-14-11(12(15)18-20-14)13(19)16-9-6-7-9/h8-10,17H,2-7H2,1H3,(H2,15,18)(H,16,19). The molecule has 1 aromatic rings. The smallest absolute Gasteiger partial charge is 0.258 e. The number of hydrogen-bond acceptors (Lipinski definition) is 5. The number of nitrogens with two attached hydrogens (primary N) is 1. The van der Waals surface area contributed by atoms with Crippen molar-refractivity contribution in [2.75, 3.05) is 11.1 Å². The Morgan fingerprint density at radius 2 is 2.05 bits per heavy atom. The molecule has 0 aromatic carbocycles. The van der Waals surface area contributed by atoms with Crippen LogP contribution in [0.2, 0.25) is 0 Å². The highest BCUT2D eigenvalue weighted by atomic mass is 32.1. The third kappa shape index (κ3) is 2.90. The molecule has 0 spiro atoms. The maximum atomic E-state index is 12.3. The molecular weight excluding hydrogens is 272 g/mol. The minimum absolute atomic E-state index is 0.0790. The molecule has 2 aliphatic rings. The van der Waals surface area contributed by atoms with E-state index in [2.05, 4.69) is 21.9 Å². The summed E-state index contributed by atoms with van der Waals surface area (Å²) in [5.74, 6) is 0.898. The number of nitrogens with zero attached hydrogens (tertiary/aromatic N) is 1. The van der Waals surface area contributed by atoms with Crippen LogP contribution in [0.15, 0.2) is 0 Å². The van der Waals surface area contributed by atoms with Crippen molar-refractivity contribution in [3.05, 3.63) is 5.56 Å². The molecule has 110 valence electrons. The van der Waals surface area contributed by atoms with E-state index in [0.717, 1.165) is 24.3 Å². The predicted octanol–water partition coefficient (Wildman–Crippen LogP) is 2.61. The van der Waals surface area contributed by atoms with Crippen LogP contribution in [0.3, 0.4) is 0 Å². The molecule has 3 rings (SSSR count). The van der Waals surface area contributed by atoms with Crippen molar-refractivity contribution in [3.63, 3.8) is 0 Å². The highest BCUT2D eigenvalue weighted by Crippen LogP contribution is 2.33. The van der Waals surface area contributed by atoms with Crippen LogP contribution in [0.1, 0.15) is 55.8 Å².